The maximum atomic E-state index is 12.1. The van der Waals surface area contributed by atoms with Crippen LogP contribution < -0.4 is 11.1 Å². The van der Waals surface area contributed by atoms with Crippen molar-refractivity contribution in [2.75, 3.05) is 6.54 Å². The van der Waals surface area contributed by atoms with Gasteiger partial charge in [0.1, 0.15) is 0 Å². The van der Waals surface area contributed by atoms with Crippen LogP contribution in [0.15, 0.2) is 6.07 Å². The van der Waals surface area contributed by atoms with Gasteiger partial charge in [-0.1, -0.05) is 12.8 Å². The number of nitrogens with two attached hydrogens (primary N) is 1. The van der Waals surface area contributed by atoms with Gasteiger partial charge in [-0.05, 0) is 38.7 Å². The summed E-state index contributed by atoms with van der Waals surface area (Å²) in [5.74, 6) is 0.321. The second-order valence-corrected chi connectivity index (χ2v) is 5.40. The number of aromatic nitrogens is 2. The molecule has 1 aliphatic rings. The standard InChI is InChI=1S/C14H22N4O/c1-9-7-12(10(2)18-17-9)14(19)16-8-11-5-3-4-6-13(11)15/h7,11,13H,3-6,8,15H2,1-2H3,(H,16,19). The van der Waals surface area contributed by atoms with Crippen molar-refractivity contribution in [1.29, 1.82) is 0 Å². The van der Waals surface area contributed by atoms with E-state index in [0.717, 1.165) is 18.5 Å². The molecule has 1 saturated carbocycles. The van der Waals surface area contributed by atoms with Gasteiger partial charge in [0.15, 0.2) is 0 Å². The largest absolute Gasteiger partial charge is 0.352 e. The number of nitrogens with zero attached hydrogens (tertiary/aromatic N) is 2. The smallest absolute Gasteiger partial charge is 0.253 e. The predicted octanol–water partition coefficient (Wildman–Crippen LogP) is 1.34. The molecule has 0 aliphatic heterocycles. The van der Waals surface area contributed by atoms with Gasteiger partial charge in [-0.3, -0.25) is 4.79 Å². The quantitative estimate of drug-likeness (QED) is 0.861. The van der Waals surface area contributed by atoms with Crippen LogP contribution in [0.5, 0.6) is 0 Å². The lowest BCUT2D eigenvalue weighted by Gasteiger charge is -2.28. The van der Waals surface area contributed by atoms with Crippen LogP contribution in [-0.2, 0) is 0 Å². The normalized spacial score (nSPS) is 23.1. The van der Waals surface area contributed by atoms with Crippen molar-refractivity contribution in [2.24, 2.45) is 11.7 Å². The zero-order valence-corrected chi connectivity index (χ0v) is 11.6. The minimum absolute atomic E-state index is 0.0757. The fraction of sp³-hybridized carbons (Fsp3) is 0.643. The molecule has 5 heteroatoms. The van der Waals surface area contributed by atoms with E-state index in [1.807, 2.05) is 6.92 Å². The highest BCUT2D eigenvalue weighted by atomic mass is 16.1. The molecule has 5 nitrogen and oxygen atoms in total. The summed E-state index contributed by atoms with van der Waals surface area (Å²) < 4.78 is 0. The Hall–Kier alpha value is -1.49. The summed E-state index contributed by atoms with van der Waals surface area (Å²) in [5, 5.41) is 10.9. The second kappa shape index (κ2) is 6.10. The van der Waals surface area contributed by atoms with Crippen LogP contribution in [0.2, 0.25) is 0 Å². The van der Waals surface area contributed by atoms with Crippen molar-refractivity contribution in [3.63, 3.8) is 0 Å². The van der Waals surface area contributed by atoms with E-state index in [-0.39, 0.29) is 11.9 Å². The lowest BCUT2D eigenvalue weighted by Crippen LogP contribution is -2.41. The van der Waals surface area contributed by atoms with Gasteiger partial charge in [-0.15, -0.1) is 0 Å². The van der Waals surface area contributed by atoms with Gasteiger partial charge in [0.05, 0.1) is 17.0 Å². The fourth-order valence-corrected chi connectivity index (χ4v) is 2.59. The first-order chi connectivity index (χ1) is 9.08. The number of carbonyl (C=O) groups excluding carboxylic acids is 1. The molecule has 0 radical (unpaired) electrons. The van der Waals surface area contributed by atoms with Crippen LogP contribution in [-0.4, -0.2) is 28.7 Å². The average Bonchev–Trinajstić information content (AvgIpc) is 2.40. The summed E-state index contributed by atoms with van der Waals surface area (Å²) in [6.07, 6.45) is 4.59. The van der Waals surface area contributed by atoms with E-state index >= 15 is 0 Å². The number of aryl methyl sites for hydroxylation is 2. The molecule has 0 aromatic carbocycles. The van der Waals surface area contributed by atoms with Crippen molar-refractivity contribution < 1.29 is 4.79 Å². The van der Waals surface area contributed by atoms with Crippen molar-refractivity contribution >= 4 is 5.91 Å². The first-order valence-electron chi connectivity index (χ1n) is 6.92. The third kappa shape index (κ3) is 3.50. The molecule has 1 heterocycles. The van der Waals surface area contributed by atoms with Crippen molar-refractivity contribution in [1.82, 2.24) is 15.5 Å². The topological polar surface area (TPSA) is 80.9 Å². The Morgan fingerprint density at radius 1 is 1.37 bits per heavy atom. The zero-order chi connectivity index (χ0) is 13.8. The van der Waals surface area contributed by atoms with Crippen LogP contribution in [0, 0.1) is 19.8 Å². The molecular weight excluding hydrogens is 240 g/mol. The third-order valence-electron chi connectivity index (χ3n) is 3.84. The van der Waals surface area contributed by atoms with Gasteiger partial charge in [0.25, 0.3) is 5.91 Å². The maximum Gasteiger partial charge on any atom is 0.253 e. The van der Waals surface area contributed by atoms with Crippen LogP contribution >= 0.6 is 0 Å². The van der Waals surface area contributed by atoms with E-state index in [2.05, 4.69) is 15.5 Å². The van der Waals surface area contributed by atoms with Gasteiger partial charge >= 0.3 is 0 Å². The molecule has 19 heavy (non-hydrogen) atoms. The molecule has 2 unspecified atom stereocenters. The highest BCUT2D eigenvalue weighted by molar-refractivity contribution is 5.95. The molecule has 104 valence electrons. The Morgan fingerprint density at radius 2 is 2.11 bits per heavy atom. The van der Waals surface area contributed by atoms with Crippen LogP contribution in [0.4, 0.5) is 0 Å². The van der Waals surface area contributed by atoms with Gasteiger partial charge < -0.3 is 11.1 Å². The molecule has 2 rings (SSSR count). The van der Waals surface area contributed by atoms with Gasteiger partial charge in [-0.25, -0.2) is 0 Å². The minimum Gasteiger partial charge on any atom is -0.352 e. The molecule has 0 spiro atoms. The molecule has 1 aliphatic carbocycles. The Kier molecular flexibility index (Phi) is 4.47. The summed E-state index contributed by atoms with van der Waals surface area (Å²) in [7, 11) is 0. The molecular formula is C14H22N4O. The Balaban J connectivity index is 1.95. The molecule has 1 amide bonds. The monoisotopic (exact) mass is 262 g/mol. The van der Waals surface area contributed by atoms with Crippen molar-refractivity contribution in [2.45, 2.75) is 45.6 Å². The minimum atomic E-state index is -0.0757. The van der Waals surface area contributed by atoms with E-state index < -0.39 is 0 Å². The second-order valence-electron chi connectivity index (χ2n) is 5.40. The molecule has 0 saturated heterocycles. The van der Waals surface area contributed by atoms with E-state index in [0.29, 0.717) is 23.7 Å². The molecule has 3 N–H and O–H groups in total. The Morgan fingerprint density at radius 3 is 2.84 bits per heavy atom. The highest BCUT2D eigenvalue weighted by Gasteiger charge is 2.22. The van der Waals surface area contributed by atoms with Gasteiger partial charge in [0, 0.05) is 12.6 Å². The SMILES string of the molecule is Cc1cc(C(=O)NCC2CCCCC2N)c(C)nn1. The lowest BCUT2D eigenvalue weighted by atomic mass is 9.85. The average molecular weight is 262 g/mol. The maximum absolute atomic E-state index is 12.1. The number of hydrogen-bond donors (Lipinski definition) is 2. The summed E-state index contributed by atoms with van der Waals surface area (Å²) in [5.41, 5.74) is 8.11. The highest BCUT2D eigenvalue weighted by Crippen LogP contribution is 2.22. The summed E-state index contributed by atoms with van der Waals surface area (Å²) in [4.78, 5) is 12.1. The first kappa shape index (κ1) is 13.9. The van der Waals surface area contributed by atoms with Crippen LogP contribution in [0.25, 0.3) is 0 Å². The van der Waals surface area contributed by atoms with Crippen molar-refractivity contribution in [3.8, 4) is 0 Å². The summed E-state index contributed by atoms with van der Waals surface area (Å²) in [6, 6.07) is 1.99. The van der Waals surface area contributed by atoms with Gasteiger partial charge in [-0.2, -0.15) is 10.2 Å². The van der Waals surface area contributed by atoms with Gasteiger partial charge in [0.2, 0.25) is 0 Å². The van der Waals surface area contributed by atoms with E-state index in [9.17, 15) is 4.79 Å². The van der Waals surface area contributed by atoms with E-state index in [4.69, 9.17) is 5.73 Å². The van der Waals surface area contributed by atoms with Crippen LogP contribution in [0.3, 0.4) is 0 Å². The Labute approximate surface area is 114 Å². The molecule has 0 bridgehead atoms. The lowest BCUT2D eigenvalue weighted by molar-refractivity contribution is 0.0940. The molecule has 2 atom stereocenters. The molecule has 1 fully saturated rings. The number of rotatable bonds is 3. The number of amides is 1. The number of hydrogen-bond acceptors (Lipinski definition) is 4. The fourth-order valence-electron chi connectivity index (χ4n) is 2.59. The summed E-state index contributed by atoms with van der Waals surface area (Å²) in [6.45, 7) is 4.29. The Bertz CT molecular complexity index is 461. The zero-order valence-electron chi connectivity index (χ0n) is 11.6. The molecule has 1 aromatic heterocycles. The van der Waals surface area contributed by atoms with E-state index in [1.54, 1.807) is 13.0 Å². The van der Waals surface area contributed by atoms with E-state index in [1.165, 1.54) is 12.8 Å². The summed E-state index contributed by atoms with van der Waals surface area (Å²) >= 11 is 0. The predicted molar refractivity (Wildman–Crippen MR) is 73.8 cm³/mol. The number of nitrogens with one attached hydrogen (secondary N) is 1. The molecule has 1 aromatic rings. The van der Waals surface area contributed by atoms with Crippen LogP contribution in [0.1, 0.15) is 47.4 Å². The number of carbonyl (C=O) groups is 1. The first-order valence-corrected chi connectivity index (χ1v) is 6.92. The van der Waals surface area contributed by atoms with Crippen molar-refractivity contribution in [3.05, 3.63) is 23.0 Å². The third-order valence-corrected chi connectivity index (χ3v) is 3.84.